The van der Waals surface area contributed by atoms with Crippen molar-refractivity contribution >= 4 is 17.2 Å². The fraction of sp³-hybridized carbons (Fsp3) is 0.0909. The second-order valence-electron chi connectivity index (χ2n) is 3.30. The van der Waals surface area contributed by atoms with Gasteiger partial charge < -0.3 is 11.1 Å². The molecular formula is C11H12N4. The highest BCUT2D eigenvalue weighted by Gasteiger charge is 2.00. The smallest absolute Gasteiger partial charge is 0.133 e. The molecule has 0 bridgehead atoms. The lowest BCUT2D eigenvalue weighted by Gasteiger charge is -2.08. The Kier molecular flexibility index (Phi) is 2.49. The Bertz CT molecular complexity index is 453. The quantitative estimate of drug-likeness (QED) is 0.779. The van der Waals surface area contributed by atoms with Crippen LogP contribution in [0.3, 0.4) is 0 Å². The van der Waals surface area contributed by atoms with Crippen molar-refractivity contribution < 1.29 is 0 Å². The van der Waals surface area contributed by atoms with Crippen LogP contribution < -0.4 is 11.1 Å². The zero-order chi connectivity index (χ0) is 10.7. The van der Waals surface area contributed by atoms with Gasteiger partial charge in [-0.25, -0.2) is 4.98 Å². The molecule has 0 aliphatic carbocycles. The Hall–Kier alpha value is -2.10. The fourth-order valence-corrected chi connectivity index (χ4v) is 1.30. The van der Waals surface area contributed by atoms with Crippen molar-refractivity contribution in [3.05, 3.63) is 42.4 Å². The van der Waals surface area contributed by atoms with Gasteiger partial charge in [-0.05, 0) is 30.7 Å². The SMILES string of the molecule is Cc1cc(N)cnc1Nc1ccncc1. The van der Waals surface area contributed by atoms with Gasteiger partial charge in [-0.3, -0.25) is 4.98 Å². The van der Waals surface area contributed by atoms with E-state index in [1.807, 2.05) is 25.1 Å². The highest BCUT2D eigenvalue weighted by Crippen LogP contribution is 2.18. The number of nitrogens with zero attached hydrogens (tertiary/aromatic N) is 2. The van der Waals surface area contributed by atoms with Gasteiger partial charge in [0.2, 0.25) is 0 Å². The molecular weight excluding hydrogens is 188 g/mol. The minimum Gasteiger partial charge on any atom is -0.397 e. The van der Waals surface area contributed by atoms with Gasteiger partial charge in [0.05, 0.1) is 11.9 Å². The number of nitrogen functional groups attached to an aromatic ring is 1. The van der Waals surface area contributed by atoms with Gasteiger partial charge >= 0.3 is 0 Å². The standard InChI is InChI=1S/C11H12N4/c1-8-6-9(12)7-14-11(8)15-10-2-4-13-5-3-10/h2-7H,12H2,1H3,(H,13,14,15). The zero-order valence-corrected chi connectivity index (χ0v) is 8.44. The molecule has 0 amide bonds. The second-order valence-corrected chi connectivity index (χ2v) is 3.30. The summed E-state index contributed by atoms with van der Waals surface area (Å²) in [5.41, 5.74) is 8.28. The maximum atomic E-state index is 5.62. The molecule has 2 aromatic heterocycles. The van der Waals surface area contributed by atoms with Gasteiger partial charge in [-0.1, -0.05) is 0 Å². The molecule has 76 valence electrons. The summed E-state index contributed by atoms with van der Waals surface area (Å²) in [6, 6.07) is 5.66. The van der Waals surface area contributed by atoms with E-state index in [0.717, 1.165) is 17.1 Å². The van der Waals surface area contributed by atoms with Crippen LogP contribution in [0, 0.1) is 6.92 Å². The number of aryl methyl sites for hydroxylation is 1. The topological polar surface area (TPSA) is 63.8 Å². The number of rotatable bonds is 2. The van der Waals surface area contributed by atoms with Gasteiger partial charge in [-0.15, -0.1) is 0 Å². The van der Waals surface area contributed by atoms with Crippen LogP contribution in [0.4, 0.5) is 17.2 Å². The maximum absolute atomic E-state index is 5.62. The molecule has 4 nitrogen and oxygen atoms in total. The molecule has 0 spiro atoms. The van der Waals surface area contributed by atoms with E-state index in [2.05, 4.69) is 15.3 Å². The molecule has 0 saturated carbocycles. The molecule has 0 fully saturated rings. The first-order valence-corrected chi connectivity index (χ1v) is 4.65. The Morgan fingerprint density at radius 3 is 2.67 bits per heavy atom. The molecule has 0 aromatic carbocycles. The van der Waals surface area contributed by atoms with Crippen molar-refractivity contribution in [3.8, 4) is 0 Å². The van der Waals surface area contributed by atoms with Crippen molar-refractivity contribution in [2.45, 2.75) is 6.92 Å². The van der Waals surface area contributed by atoms with E-state index in [9.17, 15) is 0 Å². The van der Waals surface area contributed by atoms with E-state index in [4.69, 9.17) is 5.73 Å². The van der Waals surface area contributed by atoms with Gasteiger partial charge in [0.15, 0.2) is 0 Å². The van der Waals surface area contributed by atoms with Crippen LogP contribution in [0.1, 0.15) is 5.56 Å². The maximum Gasteiger partial charge on any atom is 0.133 e. The van der Waals surface area contributed by atoms with Crippen LogP contribution in [0.5, 0.6) is 0 Å². The zero-order valence-electron chi connectivity index (χ0n) is 8.44. The van der Waals surface area contributed by atoms with Crippen molar-refractivity contribution in [1.82, 2.24) is 9.97 Å². The lowest BCUT2D eigenvalue weighted by atomic mass is 10.2. The normalized spacial score (nSPS) is 9.93. The summed E-state index contributed by atoms with van der Waals surface area (Å²) in [6.07, 6.45) is 5.10. The predicted molar refractivity (Wildman–Crippen MR) is 60.9 cm³/mol. The molecule has 3 N–H and O–H groups in total. The molecule has 0 radical (unpaired) electrons. The molecule has 2 aromatic rings. The van der Waals surface area contributed by atoms with Gasteiger partial charge in [0, 0.05) is 18.1 Å². The number of nitrogens with two attached hydrogens (primary N) is 1. The summed E-state index contributed by atoms with van der Waals surface area (Å²) in [5.74, 6) is 0.815. The molecule has 4 heteroatoms. The lowest BCUT2D eigenvalue weighted by molar-refractivity contribution is 1.25. The van der Waals surface area contributed by atoms with Crippen LogP contribution >= 0.6 is 0 Å². The largest absolute Gasteiger partial charge is 0.397 e. The first kappa shape index (κ1) is 9.45. The van der Waals surface area contributed by atoms with Gasteiger partial charge in [0.25, 0.3) is 0 Å². The van der Waals surface area contributed by atoms with E-state index in [1.165, 1.54) is 0 Å². The summed E-state index contributed by atoms with van der Waals surface area (Å²) in [5, 5.41) is 3.19. The van der Waals surface area contributed by atoms with Crippen LogP contribution in [-0.2, 0) is 0 Å². The monoisotopic (exact) mass is 200 g/mol. The van der Waals surface area contributed by atoms with E-state index in [1.54, 1.807) is 18.6 Å². The number of nitrogens with one attached hydrogen (secondary N) is 1. The van der Waals surface area contributed by atoms with Crippen molar-refractivity contribution in [1.29, 1.82) is 0 Å². The van der Waals surface area contributed by atoms with Gasteiger partial charge in [0.1, 0.15) is 5.82 Å². The van der Waals surface area contributed by atoms with E-state index in [0.29, 0.717) is 5.69 Å². The second kappa shape index (κ2) is 3.96. The van der Waals surface area contributed by atoms with Crippen LogP contribution in [-0.4, -0.2) is 9.97 Å². The highest BCUT2D eigenvalue weighted by atomic mass is 15.0. The first-order chi connectivity index (χ1) is 7.25. The Morgan fingerprint density at radius 2 is 2.00 bits per heavy atom. The van der Waals surface area contributed by atoms with Crippen LogP contribution in [0.15, 0.2) is 36.8 Å². The Morgan fingerprint density at radius 1 is 1.27 bits per heavy atom. The number of aromatic nitrogens is 2. The number of hydrogen-bond acceptors (Lipinski definition) is 4. The summed E-state index contributed by atoms with van der Waals surface area (Å²) in [6.45, 7) is 1.97. The highest BCUT2D eigenvalue weighted by molar-refractivity contribution is 5.60. The molecule has 0 unspecified atom stereocenters. The van der Waals surface area contributed by atoms with E-state index < -0.39 is 0 Å². The van der Waals surface area contributed by atoms with Crippen molar-refractivity contribution in [2.75, 3.05) is 11.1 Å². The van der Waals surface area contributed by atoms with Gasteiger partial charge in [-0.2, -0.15) is 0 Å². The molecule has 15 heavy (non-hydrogen) atoms. The number of anilines is 3. The Labute approximate surface area is 88.2 Å². The number of hydrogen-bond donors (Lipinski definition) is 2. The van der Waals surface area contributed by atoms with E-state index >= 15 is 0 Å². The molecule has 0 atom stereocenters. The summed E-state index contributed by atoms with van der Waals surface area (Å²) >= 11 is 0. The van der Waals surface area contributed by atoms with Crippen molar-refractivity contribution in [3.63, 3.8) is 0 Å². The minimum absolute atomic E-state index is 0.674. The summed E-state index contributed by atoms with van der Waals surface area (Å²) < 4.78 is 0. The molecule has 0 aliphatic heterocycles. The third-order valence-corrected chi connectivity index (χ3v) is 2.04. The predicted octanol–water partition coefficient (Wildman–Crippen LogP) is 2.11. The fourth-order valence-electron chi connectivity index (χ4n) is 1.30. The Balaban J connectivity index is 2.25. The third-order valence-electron chi connectivity index (χ3n) is 2.04. The van der Waals surface area contributed by atoms with Crippen LogP contribution in [0.25, 0.3) is 0 Å². The van der Waals surface area contributed by atoms with Crippen molar-refractivity contribution in [2.24, 2.45) is 0 Å². The first-order valence-electron chi connectivity index (χ1n) is 4.65. The summed E-state index contributed by atoms with van der Waals surface area (Å²) in [4.78, 5) is 8.16. The average molecular weight is 200 g/mol. The van der Waals surface area contributed by atoms with E-state index in [-0.39, 0.29) is 0 Å². The lowest BCUT2D eigenvalue weighted by Crippen LogP contribution is -1.97. The molecule has 0 aliphatic rings. The third kappa shape index (κ3) is 2.22. The average Bonchev–Trinajstić information content (AvgIpc) is 2.24. The minimum atomic E-state index is 0.674. The molecule has 2 rings (SSSR count). The number of pyridine rings is 2. The summed E-state index contributed by atoms with van der Waals surface area (Å²) in [7, 11) is 0. The van der Waals surface area contributed by atoms with Crippen LogP contribution in [0.2, 0.25) is 0 Å². The molecule has 0 saturated heterocycles. The molecule has 2 heterocycles.